The van der Waals surface area contributed by atoms with Crippen LogP contribution in [0, 0.1) is 0 Å². The number of methoxy groups -OCH3 is 1. The van der Waals surface area contributed by atoms with Crippen LogP contribution in [-0.2, 0) is 22.7 Å². The SMILES string of the molecule is COc1nc(-c2cccc(-c3cccc(-c4ccn5c(=O)c(CN[C@@H]6CNC(=O)C6)cnc5c4)c3Cl)c2Cl)ccc1CN[C@@H]1CNC(=O)C1. The molecule has 0 aliphatic carbocycles. The number of amides is 2. The molecule has 5 aromatic rings. The summed E-state index contributed by atoms with van der Waals surface area (Å²) in [5, 5.41) is 13.2. The van der Waals surface area contributed by atoms with Crippen molar-refractivity contribution in [1.29, 1.82) is 0 Å². The van der Waals surface area contributed by atoms with E-state index in [1.54, 1.807) is 19.5 Å². The van der Waals surface area contributed by atoms with Crippen LogP contribution in [0.25, 0.3) is 39.2 Å². The average Bonchev–Trinajstić information content (AvgIpc) is 3.74. The third-order valence-electron chi connectivity index (χ3n) is 8.90. The first-order chi connectivity index (χ1) is 23.8. The average molecular weight is 699 g/mol. The molecule has 2 aliphatic heterocycles. The van der Waals surface area contributed by atoms with Crippen molar-refractivity contribution in [2.75, 3.05) is 20.2 Å². The molecule has 2 aliphatic rings. The smallest absolute Gasteiger partial charge is 0.262 e. The number of pyridine rings is 2. The van der Waals surface area contributed by atoms with Gasteiger partial charge in [0.1, 0.15) is 5.65 Å². The van der Waals surface area contributed by atoms with Crippen molar-refractivity contribution >= 4 is 40.7 Å². The third kappa shape index (κ3) is 6.75. The molecule has 11 nitrogen and oxygen atoms in total. The number of ether oxygens (including phenoxy) is 1. The van der Waals surface area contributed by atoms with Gasteiger partial charge in [-0.25, -0.2) is 9.97 Å². The van der Waals surface area contributed by atoms with E-state index in [1.807, 2.05) is 60.7 Å². The molecule has 0 saturated carbocycles. The van der Waals surface area contributed by atoms with Gasteiger partial charge < -0.3 is 26.0 Å². The van der Waals surface area contributed by atoms with Gasteiger partial charge in [-0.3, -0.25) is 18.8 Å². The number of nitrogens with one attached hydrogen (secondary N) is 4. The van der Waals surface area contributed by atoms with Crippen molar-refractivity contribution in [3.8, 4) is 39.4 Å². The highest BCUT2D eigenvalue weighted by atomic mass is 35.5. The number of aromatic nitrogens is 3. The Morgan fingerprint density at radius 1 is 0.816 bits per heavy atom. The number of rotatable bonds is 10. The van der Waals surface area contributed by atoms with E-state index in [0.29, 0.717) is 71.9 Å². The number of fused-ring (bicyclic) bond motifs is 1. The molecule has 7 rings (SSSR count). The highest BCUT2D eigenvalue weighted by Gasteiger charge is 2.23. The van der Waals surface area contributed by atoms with Crippen LogP contribution in [0.15, 0.2) is 77.9 Å². The molecule has 13 heteroatoms. The number of carbonyl (C=O) groups excluding carboxylic acids is 2. The molecule has 2 atom stereocenters. The van der Waals surface area contributed by atoms with Crippen LogP contribution in [0.4, 0.5) is 0 Å². The molecule has 4 N–H and O–H groups in total. The fraction of sp³-hybridized carbons (Fsp3) is 0.250. The first-order valence-electron chi connectivity index (χ1n) is 15.9. The summed E-state index contributed by atoms with van der Waals surface area (Å²) in [6.45, 7) is 1.96. The lowest BCUT2D eigenvalue weighted by atomic mass is 9.97. The molecule has 0 radical (unpaired) electrons. The number of nitrogens with zero attached hydrogens (tertiary/aromatic N) is 3. The topological polar surface area (TPSA) is 139 Å². The second-order valence-electron chi connectivity index (χ2n) is 12.1. The van der Waals surface area contributed by atoms with Crippen LogP contribution >= 0.6 is 23.2 Å². The van der Waals surface area contributed by atoms with Crippen molar-refractivity contribution in [3.05, 3.63) is 105 Å². The van der Waals surface area contributed by atoms with Gasteiger partial charge in [0.25, 0.3) is 5.56 Å². The van der Waals surface area contributed by atoms with E-state index >= 15 is 0 Å². The molecule has 2 fully saturated rings. The van der Waals surface area contributed by atoms with Crippen LogP contribution in [0.1, 0.15) is 24.0 Å². The summed E-state index contributed by atoms with van der Waals surface area (Å²) in [5.41, 5.74) is 6.08. The molecule has 0 unspecified atom stereocenters. The van der Waals surface area contributed by atoms with Gasteiger partial charge in [-0.1, -0.05) is 65.7 Å². The first kappa shape index (κ1) is 32.7. The normalized spacial score (nSPS) is 17.4. The minimum absolute atomic E-state index is 0.00131. The van der Waals surface area contributed by atoms with E-state index in [-0.39, 0.29) is 29.5 Å². The zero-order valence-electron chi connectivity index (χ0n) is 26.6. The van der Waals surface area contributed by atoms with E-state index in [0.717, 1.165) is 33.4 Å². The van der Waals surface area contributed by atoms with Crippen molar-refractivity contribution < 1.29 is 14.3 Å². The molecule has 0 bridgehead atoms. The Kier molecular flexibility index (Phi) is 9.33. The van der Waals surface area contributed by atoms with Crippen LogP contribution < -0.4 is 31.6 Å². The van der Waals surface area contributed by atoms with E-state index in [2.05, 4.69) is 26.3 Å². The second kappa shape index (κ2) is 14.0. The maximum absolute atomic E-state index is 13.2. The lowest BCUT2D eigenvalue weighted by Crippen LogP contribution is -2.33. The molecule has 49 heavy (non-hydrogen) atoms. The standard InChI is InChI=1S/C36H33Cl2N7O4/c1-49-35-21(15-39-23-13-31(46)42-18-23)8-9-29(44-35)28-7-3-6-27(34(28)38)26-5-2-4-25(33(26)37)20-10-11-45-30(12-20)41-17-22(36(45)48)16-40-24-14-32(47)43-19-24/h2-12,17,23-24,39-40H,13-16,18-19H2,1H3,(H,42,46)(H,43,47)/t23-,24-/m0/s1. The van der Waals surface area contributed by atoms with Crippen LogP contribution in [0.3, 0.4) is 0 Å². The highest BCUT2D eigenvalue weighted by molar-refractivity contribution is 6.39. The largest absolute Gasteiger partial charge is 0.481 e. The zero-order chi connectivity index (χ0) is 34.1. The summed E-state index contributed by atoms with van der Waals surface area (Å²) < 4.78 is 7.13. The van der Waals surface area contributed by atoms with Gasteiger partial charge in [-0.15, -0.1) is 0 Å². The number of carbonyl (C=O) groups is 2. The van der Waals surface area contributed by atoms with Crippen molar-refractivity contribution in [1.82, 2.24) is 35.6 Å². The summed E-state index contributed by atoms with van der Waals surface area (Å²) in [6, 6.07) is 19.0. The fourth-order valence-electron chi connectivity index (χ4n) is 6.24. The maximum atomic E-state index is 13.2. The van der Waals surface area contributed by atoms with Gasteiger partial charge >= 0.3 is 0 Å². The predicted molar refractivity (Wildman–Crippen MR) is 189 cm³/mol. The highest BCUT2D eigenvalue weighted by Crippen LogP contribution is 2.42. The number of benzene rings is 2. The van der Waals surface area contributed by atoms with Gasteiger partial charge in [0, 0.05) is 91.3 Å². The maximum Gasteiger partial charge on any atom is 0.262 e. The minimum Gasteiger partial charge on any atom is -0.481 e. The van der Waals surface area contributed by atoms with E-state index in [4.69, 9.17) is 32.9 Å². The van der Waals surface area contributed by atoms with Gasteiger partial charge in [-0.2, -0.15) is 0 Å². The van der Waals surface area contributed by atoms with E-state index in [1.165, 1.54) is 4.40 Å². The summed E-state index contributed by atoms with van der Waals surface area (Å²) in [6.07, 6.45) is 4.11. The Morgan fingerprint density at radius 2 is 1.43 bits per heavy atom. The second-order valence-corrected chi connectivity index (χ2v) is 12.9. The number of hydrogen-bond donors (Lipinski definition) is 4. The van der Waals surface area contributed by atoms with Gasteiger partial charge in [0.05, 0.1) is 28.4 Å². The lowest BCUT2D eigenvalue weighted by molar-refractivity contribution is -0.120. The summed E-state index contributed by atoms with van der Waals surface area (Å²) >= 11 is 14.1. The predicted octanol–water partition coefficient (Wildman–Crippen LogP) is 4.36. The Hall–Kier alpha value is -4.81. The molecular weight excluding hydrogens is 665 g/mol. The van der Waals surface area contributed by atoms with Crippen molar-refractivity contribution in [2.45, 2.75) is 38.0 Å². The molecule has 2 amide bonds. The Balaban J connectivity index is 1.14. The summed E-state index contributed by atoms with van der Waals surface area (Å²) in [7, 11) is 1.58. The van der Waals surface area contributed by atoms with Gasteiger partial charge in [0.2, 0.25) is 17.7 Å². The molecule has 5 heterocycles. The molecule has 3 aromatic heterocycles. The quantitative estimate of drug-likeness (QED) is 0.169. The van der Waals surface area contributed by atoms with Gasteiger partial charge in [-0.05, 0) is 23.8 Å². The summed E-state index contributed by atoms with van der Waals surface area (Å²) in [4.78, 5) is 45.6. The van der Waals surface area contributed by atoms with Crippen LogP contribution in [0.5, 0.6) is 5.88 Å². The first-order valence-corrected chi connectivity index (χ1v) is 16.7. The Labute approximate surface area is 292 Å². The molecular formula is C36H33Cl2N7O4. The molecule has 0 spiro atoms. The molecule has 2 saturated heterocycles. The van der Waals surface area contributed by atoms with Crippen molar-refractivity contribution in [3.63, 3.8) is 0 Å². The van der Waals surface area contributed by atoms with Crippen LogP contribution in [0.2, 0.25) is 10.0 Å². The Bertz CT molecular complexity index is 2150. The zero-order valence-corrected chi connectivity index (χ0v) is 28.1. The number of halogens is 2. The molecule has 250 valence electrons. The van der Waals surface area contributed by atoms with E-state index < -0.39 is 0 Å². The summed E-state index contributed by atoms with van der Waals surface area (Å²) in [5.74, 6) is 0.515. The van der Waals surface area contributed by atoms with Crippen molar-refractivity contribution in [2.24, 2.45) is 0 Å². The van der Waals surface area contributed by atoms with E-state index in [9.17, 15) is 14.4 Å². The van der Waals surface area contributed by atoms with Gasteiger partial charge in [0.15, 0.2) is 0 Å². The third-order valence-corrected chi connectivity index (χ3v) is 9.72. The monoisotopic (exact) mass is 697 g/mol. The fourth-order valence-corrected chi connectivity index (χ4v) is 6.90. The Morgan fingerprint density at radius 3 is 2.06 bits per heavy atom. The minimum atomic E-state index is -0.179. The van der Waals surface area contributed by atoms with Crippen LogP contribution in [-0.4, -0.2) is 58.5 Å². The lowest BCUT2D eigenvalue weighted by Gasteiger charge is -2.16. The molecule has 2 aromatic carbocycles. The number of hydrogen-bond acceptors (Lipinski definition) is 8.